The highest BCUT2D eigenvalue weighted by molar-refractivity contribution is 9.11. The first-order valence-electron chi connectivity index (χ1n) is 17.9. The maximum atomic E-state index is 15.2. The van der Waals surface area contributed by atoms with Crippen molar-refractivity contribution >= 4 is 51.0 Å². The Morgan fingerprint density at radius 3 is 2.35 bits per heavy atom. The number of hydrogen-bond donors (Lipinski definition) is 2. The van der Waals surface area contributed by atoms with Gasteiger partial charge in [0.1, 0.15) is 24.4 Å². The van der Waals surface area contributed by atoms with Crippen molar-refractivity contribution in [3.8, 4) is 0 Å². The van der Waals surface area contributed by atoms with Crippen LogP contribution in [0.3, 0.4) is 0 Å². The molecule has 2 fully saturated rings. The van der Waals surface area contributed by atoms with Crippen molar-refractivity contribution in [2.45, 2.75) is 70.4 Å². The number of likely N-dealkylation sites (tertiary alicyclic amines) is 1. The topological polar surface area (TPSA) is 129 Å². The molecule has 272 valence electrons. The fraction of sp³-hybridized carbons (Fsp3) is 0.487. The Labute approximate surface area is 307 Å². The summed E-state index contributed by atoms with van der Waals surface area (Å²) in [7, 11) is 0. The number of amides is 3. The lowest BCUT2D eigenvalue weighted by Crippen LogP contribution is -2.59. The fourth-order valence-corrected chi connectivity index (χ4v) is 8.77. The number of carbonyl (C=O) groups is 4. The number of fused-ring (bicyclic) bond motifs is 2. The number of nitrogens with one attached hydrogen (secondary N) is 1. The molecular weight excluding hydrogens is 716 g/mol. The average molecular weight is 764 g/mol. The first kappa shape index (κ1) is 36.8. The Bertz CT molecular complexity index is 1680. The van der Waals surface area contributed by atoms with Gasteiger partial charge in [0.25, 0.3) is 5.91 Å². The van der Waals surface area contributed by atoms with Crippen LogP contribution in [-0.4, -0.2) is 90.3 Å². The number of hydrogen-bond acceptors (Lipinski definition) is 8. The van der Waals surface area contributed by atoms with Gasteiger partial charge < -0.3 is 34.6 Å². The van der Waals surface area contributed by atoms with Gasteiger partial charge in [-0.3, -0.25) is 19.2 Å². The van der Waals surface area contributed by atoms with E-state index in [2.05, 4.69) is 40.0 Å². The highest BCUT2D eigenvalue weighted by Crippen LogP contribution is 2.59. The molecule has 2 aromatic rings. The molecule has 12 heteroatoms. The minimum Gasteiger partial charge on any atom is -0.463 e. The second kappa shape index (κ2) is 15.3. The summed E-state index contributed by atoms with van der Waals surface area (Å²) in [4.78, 5) is 62.6. The number of allylic oxidation sites excluding steroid dienone is 1. The van der Waals surface area contributed by atoms with Crippen LogP contribution in [0.4, 0.5) is 11.4 Å². The molecule has 1 spiro atoms. The van der Waals surface area contributed by atoms with Crippen molar-refractivity contribution in [2.75, 3.05) is 42.6 Å². The molecule has 2 N–H and O–H groups in total. The van der Waals surface area contributed by atoms with Gasteiger partial charge in [-0.25, -0.2) is 0 Å². The predicted octanol–water partition coefficient (Wildman–Crippen LogP) is 4.51. The molecule has 4 heterocycles. The summed E-state index contributed by atoms with van der Waals surface area (Å²) in [5.74, 6) is -3.93. The van der Waals surface area contributed by atoms with E-state index >= 15 is 4.79 Å². The summed E-state index contributed by atoms with van der Waals surface area (Å²) in [6.07, 6.45) is 5.14. The van der Waals surface area contributed by atoms with Crippen LogP contribution in [0.25, 0.3) is 0 Å². The molecule has 4 aliphatic heterocycles. The van der Waals surface area contributed by atoms with E-state index in [9.17, 15) is 19.5 Å². The van der Waals surface area contributed by atoms with Crippen LogP contribution in [0.5, 0.6) is 0 Å². The molecule has 7 atom stereocenters. The number of halogens is 1. The summed E-state index contributed by atoms with van der Waals surface area (Å²) in [5, 5.41) is 13.8. The van der Waals surface area contributed by atoms with Gasteiger partial charge in [0.05, 0.1) is 30.5 Å². The lowest BCUT2D eigenvalue weighted by molar-refractivity contribution is -0.147. The van der Waals surface area contributed by atoms with Gasteiger partial charge in [0.2, 0.25) is 11.8 Å². The molecule has 6 rings (SSSR count). The van der Waals surface area contributed by atoms with Crippen molar-refractivity contribution in [3.05, 3.63) is 82.9 Å². The summed E-state index contributed by atoms with van der Waals surface area (Å²) < 4.78 is 12.9. The molecule has 5 bridgehead atoms. The first-order valence-corrected chi connectivity index (χ1v) is 18.7. The Kier molecular flexibility index (Phi) is 11.0. The van der Waals surface area contributed by atoms with Gasteiger partial charge in [-0.15, -0.1) is 0 Å². The molecular formula is C39H47BrN4O7. The van der Waals surface area contributed by atoms with E-state index < -0.39 is 65.4 Å². The third kappa shape index (κ3) is 6.73. The highest BCUT2D eigenvalue weighted by Gasteiger charge is 2.75. The molecule has 0 saturated carbocycles. The lowest BCUT2D eigenvalue weighted by Gasteiger charge is -2.40. The number of cyclic esters (lactones) is 1. The van der Waals surface area contributed by atoms with Gasteiger partial charge >= 0.3 is 5.97 Å². The van der Waals surface area contributed by atoms with E-state index in [1.54, 1.807) is 11.0 Å². The zero-order valence-electron chi connectivity index (χ0n) is 29.5. The number of ether oxygens (including phenoxy) is 2. The van der Waals surface area contributed by atoms with Gasteiger partial charge in [0, 0.05) is 41.9 Å². The quantitative estimate of drug-likeness (QED) is 0.297. The maximum Gasteiger partial charge on any atom is 0.306 e. The molecule has 2 saturated heterocycles. The number of aliphatic hydroxyl groups excluding tert-OH is 1. The lowest BCUT2D eigenvalue weighted by atomic mass is 9.74. The Balaban J connectivity index is 1.47. The highest BCUT2D eigenvalue weighted by atomic mass is 79.9. The standard InChI is InChI=1S/C39H47BrN4O7/c1-5-42(6-2)26-16-18-27(19-17-26)43-20-12-8-11-15-31(46)50-23-29(25-13-9-7-10-14-25)41-36(47)32-33-37(48)44(30(22-45)24(3)4)35(38(43)49)39(33)21-28(40)34(32)51-39/h7-10,12-14,16-19,21,24,29-30,32-35,45H,5-6,11,15,20,22-23H2,1-4H3,(H,41,47)/b12-8-/t29-,30-,32-,33+,34-,35-,39+/m0/s1. The molecule has 0 unspecified atom stereocenters. The minimum absolute atomic E-state index is 0.0955. The molecule has 11 nitrogen and oxygen atoms in total. The van der Waals surface area contributed by atoms with E-state index in [0.717, 1.165) is 24.3 Å². The van der Waals surface area contributed by atoms with Crippen molar-refractivity contribution < 1.29 is 33.8 Å². The third-order valence-corrected chi connectivity index (χ3v) is 11.3. The maximum absolute atomic E-state index is 15.2. The zero-order chi connectivity index (χ0) is 36.4. The summed E-state index contributed by atoms with van der Waals surface area (Å²) in [6, 6.07) is 14.4. The second-order valence-corrected chi connectivity index (χ2v) is 14.8. The Morgan fingerprint density at radius 2 is 1.71 bits per heavy atom. The Morgan fingerprint density at radius 1 is 1.00 bits per heavy atom. The number of benzene rings is 2. The molecule has 2 aromatic carbocycles. The zero-order valence-corrected chi connectivity index (χ0v) is 31.1. The molecule has 4 aliphatic rings. The third-order valence-electron chi connectivity index (χ3n) is 10.7. The van der Waals surface area contributed by atoms with Crippen LogP contribution < -0.4 is 15.1 Å². The average Bonchev–Trinajstić information content (AvgIpc) is 3.72. The molecule has 3 amide bonds. The van der Waals surface area contributed by atoms with Crippen LogP contribution in [0.2, 0.25) is 0 Å². The van der Waals surface area contributed by atoms with E-state index in [-0.39, 0.29) is 32.1 Å². The second-order valence-electron chi connectivity index (χ2n) is 13.9. The summed E-state index contributed by atoms with van der Waals surface area (Å²) in [6.45, 7) is 9.29. The van der Waals surface area contributed by atoms with Crippen molar-refractivity contribution in [1.29, 1.82) is 0 Å². The first-order chi connectivity index (χ1) is 24.6. The van der Waals surface area contributed by atoms with Crippen LogP contribution in [-0.2, 0) is 28.7 Å². The van der Waals surface area contributed by atoms with E-state index in [4.69, 9.17) is 9.47 Å². The largest absolute Gasteiger partial charge is 0.463 e. The monoisotopic (exact) mass is 762 g/mol. The number of aliphatic hydroxyl groups is 1. The molecule has 0 aromatic heterocycles. The van der Waals surface area contributed by atoms with E-state index in [0.29, 0.717) is 16.6 Å². The van der Waals surface area contributed by atoms with Crippen LogP contribution in [0.1, 0.15) is 52.1 Å². The van der Waals surface area contributed by atoms with Gasteiger partial charge in [-0.1, -0.05) is 72.3 Å². The predicted molar refractivity (Wildman–Crippen MR) is 197 cm³/mol. The van der Waals surface area contributed by atoms with Crippen molar-refractivity contribution in [1.82, 2.24) is 10.2 Å². The molecule has 0 aliphatic carbocycles. The van der Waals surface area contributed by atoms with Gasteiger partial charge in [0.15, 0.2) is 0 Å². The van der Waals surface area contributed by atoms with Crippen LogP contribution >= 0.6 is 15.9 Å². The van der Waals surface area contributed by atoms with Crippen LogP contribution in [0.15, 0.2) is 77.3 Å². The van der Waals surface area contributed by atoms with E-state index in [1.165, 1.54) is 4.90 Å². The van der Waals surface area contributed by atoms with E-state index in [1.807, 2.05) is 80.6 Å². The van der Waals surface area contributed by atoms with Crippen molar-refractivity contribution in [3.63, 3.8) is 0 Å². The van der Waals surface area contributed by atoms with Crippen molar-refractivity contribution in [2.24, 2.45) is 17.8 Å². The SMILES string of the molecule is CCN(CC)c1ccc(N2C/C=C\CCC(=O)OC[C@@H](c3ccccc3)NC(=O)[C@@H]3[C@H]4O[C@@]5(C=C4Br)[C@H](C2=O)N([C@@H](CO)C(C)C)C(=O)[C@@H]35)cc1. The molecule has 0 radical (unpaired) electrons. The molecule has 51 heavy (non-hydrogen) atoms. The smallest absolute Gasteiger partial charge is 0.306 e. The summed E-state index contributed by atoms with van der Waals surface area (Å²) >= 11 is 3.63. The minimum atomic E-state index is -1.48. The Hall–Kier alpha value is -4.00. The number of rotatable bonds is 8. The normalized spacial score (nSPS) is 29.5. The summed E-state index contributed by atoms with van der Waals surface area (Å²) in [5.41, 5.74) is 0.888. The number of nitrogens with zero attached hydrogens (tertiary/aromatic N) is 3. The van der Waals surface area contributed by atoms with Crippen LogP contribution in [0, 0.1) is 17.8 Å². The fourth-order valence-electron chi connectivity index (χ4n) is 8.04. The number of anilines is 2. The van der Waals surface area contributed by atoms with Gasteiger partial charge in [-0.2, -0.15) is 0 Å². The van der Waals surface area contributed by atoms with Gasteiger partial charge in [-0.05, 0) is 62.1 Å². The number of carbonyl (C=O) groups excluding carboxylic acids is 4. The number of esters is 1.